The van der Waals surface area contributed by atoms with Gasteiger partial charge in [0.1, 0.15) is 11.6 Å². The summed E-state index contributed by atoms with van der Waals surface area (Å²) in [4.78, 5) is 0. The molecule has 0 aliphatic heterocycles. The summed E-state index contributed by atoms with van der Waals surface area (Å²) in [5.41, 5.74) is 0.545. The molecule has 3 heteroatoms. The maximum atomic E-state index is 13.6. The lowest BCUT2D eigenvalue weighted by molar-refractivity contribution is 0.413. The van der Waals surface area contributed by atoms with Crippen LogP contribution >= 0.6 is 0 Å². The van der Waals surface area contributed by atoms with Gasteiger partial charge in [0.25, 0.3) is 0 Å². The number of methoxy groups -OCH3 is 1. The summed E-state index contributed by atoms with van der Waals surface area (Å²) in [7, 11) is 1.59. The predicted molar refractivity (Wildman–Crippen MR) is 68.0 cm³/mol. The molecule has 2 nitrogen and oxygen atoms in total. The van der Waals surface area contributed by atoms with Gasteiger partial charge in [0, 0.05) is 12.1 Å². The fourth-order valence-electron chi connectivity index (χ4n) is 2.56. The largest absolute Gasteiger partial charge is 0.497 e. The predicted octanol–water partition coefficient (Wildman–Crippen LogP) is 3.82. The fourth-order valence-corrected chi connectivity index (χ4v) is 2.56. The molecule has 17 heavy (non-hydrogen) atoms. The zero-order valence-corrected chi connectivity index (χ0v) is 10.5. The Morgan fingerprint density at radius 1 is 1.35 bits per heavy atom. The Kier molecular flexibility index (Phi) is 3.87. The van der Waals surface area contributed by atoms with E-state index in [0.717, 1.165) is 0 Å². The summed E-state index contributed by atoms with van der Waals surface area (Å²) in [5.74, 6) is 1.14. The average Bonchev–Trinajstić information content (AvgIpc) is 2.85. The lowest BCUT2D eigenvalue weighted by Crippen LogP contribution is -2.24. The monoisotopic (exact) mass is 237 g/mol. The number of nitrogens with one attached hydrogen (secondary N) is 1. The van der Waals surface area contributed by atoms with E-state index in [1.165, 1.54) is 31.7 Å². The third kappa shape index (κ3) is 2.90. The lowest BCUT2D eigenvalue weighted by Gasteiger charge is -2.22. The zero-order valence-electron chi connectivity index (χ0n) is 10.5. The van der Waals surface area contributed by atoms with Crippen molar-refractivity contribution in [3.8, 4) is 5.75 Å². The first-order valence-corrected chi connectivity index (χ1v) is 6.31. The van der Waals surface area contributed by atoms with Crippen LogP contribution in [0, 0.1) is 11.7 Å². The van der Waals surface area contributed by atoms with Crippen LogP contribution in [0.1, 0.15) is 32.6 Å². The van der Waals surface area contributed by atoms with Crippen molar-refractivity contribution in [1.29, 1.82) is 0 Å². The van der Waals surface area contributed by atoms with Crippen LogP contribution in [-0.2, 0) is 0 Å². The normalized spacial score (nSPS) is 18.1. The molecule has 1 atom stereocenters. The van der Waals surface area contributed by atoms with Crippen LogP contribution in [-0.4, -0.2) is 13.2 Å². The molecular weight excluding hydrogens is 217 g/mol. The number of rotatable bonds is 4. The van der Waals surface area contributed by atoms with Crippen LogP contribution in [0.25, 0.3) is 0 Å². The molecule has 0 radical (unpaired) electrons. The van der Waals surface area contributed by atoms with Gasteiger partial charge in [-0.15, -0.1) is 0 Å². The number of ether oxygens (including phenoxy) is 1. The molecule has 0 heterocycles. The Morgan fingerprint density at radius 3 is 2.71 bits per heavy atom. The SMILES string of the molecule is COc1ccc(F)c(NC(C)C2CCCC2)c1. The molecule has 1 aromatic carbocycles. The molecule has 1 saturated carbocycles. The number of benzene rings is 1. The second-order valence-electron chi connectivity index (χ2n) is 4.82. The van der Waals surface area contributed by atoms with Gasteiger partial charge in [-0.1, -0.05) is 12.8 Å². The van der Waals surface area contributed by atoms with Crippen molar-refractivity contribution in [2.24, 2.45) is 5.92 Å². The summed E-state index contributed by atoms with van der Waals surface area (Å²) in [6.07, 6.45) is 5.11. The minimum Gasteiger partial charge on any atom is -0.497 e. The van der Waals surface area contributed by atoms with Crippen LogP contribution in [0.2, 0.25) is 0 Å². The topological polar surface area (TPSA) is 21.3 Å². The van der Waals surface area contributed by atoms with Crippen molar-refractivity contribution in [3.63, 3.8) is 0 Å². The molecule has 1 fully saturated rings. The molecule has 0 aromatic heterocycles. The van der Waals surface area contributed by atoms with E-state index in [9.17, 15) is 4.39 Å². The maximum absolute atomic E-state index is 13.6. The van der Waals surface area contributed by atoms with Crippen LogP contribution in [0.3, 0.4) is 0 Å². The van der Waals surface area contributed by atoms with Gasteiger partial charge < -0.3 is 10.1 Å². The van der Waals surface area contributed by atoms with Crippen molar-refractivity contribution in [2.75, 3.05) is 12.4 Å². The number of halogens is 1. The first-order valence-electron chi connectivity index (χ1n) is 6.31. The van der Waals surface area contributed by atoms with Crippen LogP contribution in [0.4, 0.5) is 10.1 Å². The number of anilines is 1. The van der Waals surface area contributed by atoms with Crippen LogP contribution in [0.15, 0.2) is 18.2 Å². The van der Waals surface area contributed by atoms with Gasteiger partial charge in [0.2, 0.25) is 0 Å². The summed E-state index contributed by atoms with van der Waals surface area (Å²) in [5, 5.41) is 3.27. The van der Waals surface area contributed by atoms with Crippen molar-refractivity contribution in [1.82, 2.24) is 0 Å². The van der Waals surface area contributed by atoms with E-state index in [4.69, 9.17) is 4.74 Å². The second kappa shape index (κ2) is 5.39. The first kappa shape index (κ1) is 12.2. The molecular formula is C14H20FNO. The maximum Gasteiger partial charge on any atom is 0.146 e. The summed E-state index contributed by atoms with van der Waals surface area (Å²) in [6, 6.07) is 5.13. The minimum atomic E-state index is -0.212. The molecule has 1 aromatic rings. The molecule has 94 valence electrons. The van der Waals surface area contributed by atoms with Crippen molar-refractivity contribution >= 4 is 5.69 Å². The summed E-state index contributed by atoms with van der Waals surface area (Å²) in [6.45, 7) is 2.13. The average molecular weight is 237 g/mol. The smallest absolute Gasteiger partial charge is 0.146 e. The summed E-state index contributed by atoms with van der Waals surface area (Å²) >= 11 is 0. The van der Waals surface area contributed by atoms with E-state index in [2.05, 4.69) is 12.2 Å². The van der Waals surface area contributed by atoms with Gasteiger partial charge >= 0.3 is 0 Å². The quantitative estimate of drug-likeness (QED) is 0.859. The van der Waals surface area contributed by atoms with Crippen LogP contribution in [0.5, 0.6) is 5.75 Å². The highest BCUT2D eigenvalue weighted by Gasteiger charge is 2.22. The second-order valence-corrected chi connectivity index (χ2v) is 4.82. The third-order valence-corrected chi connectivity index (χ3v) is 3.66. The van der Waals surface area contributed by atoms with Gasteiger partial charge in [0.05, 0.1) is 12.8 Å². The molecule has 0 saturated heterocycles. The first-order chi connectivity index (χ1) is 8.20. The summed E-state index contributed by atoms with van der Waals surface area (Å²) < 4.78 is 18.7. The van der Waals surface area contributed by atoms with Gasteiger partial charge in [-0.25, -0.2) is 4.39 Å². The Bertz CT molecular complexity index is 374. The Balaban J connectivity index is 2.06. The van der Waals surface area contributed by atoms with Crippen molar-refractivity contribution in [3.05, 3.63) is 24.0 Å². The molecule has 1 unspecified atom stereocenters. The van der Waals surface area contributed by atoms with Crippen LogP contribution < -0.4 is 10.1 Å². The number of hydrogen-bond donors (Lipinski definition) is 1. The highest BCUT2D eigenvalue weighted by Crippen LogP contribution is 2.30. The van der Waals surface area contributed by atoms with Gasteiger partial charge in [-0.2, -0.15) is 0 Å². The van der Waals surface area contributed by atoms with Gasteiger partial charge in [-0.3, -0.25) is 0 Å². The van der Waals surface area contributed by atoms with Crippen molar-refractivity contribution in [2.45, 2.75) is 38.6 Å². The molecule has 1 aliphatic rings. The molecule has 0 bridgehead atoms. The molecule has 0 spiro atoms. The van der Waals surface area contributed by atoms with E-state index in [1.807, 2.05) is 0 Å². The Labute approximate surface area is 102 Å². The molecule has 1 N–H and O–H groups in total. The highest BCUT2D eigenvalue weighted by atomic mass is 19.1. The molecule has 2 rings (SSSR count). The van der Waals surface area contributed by atoms with Crippen molar-refractivity contribution < 1.29 is 9.13 Å². The highest BCUT2D eigenvalue weighted by molar-refractivity contribution is 5.50. The molecule has 1 aliphatic carbocycles. The zero-order chi connectivity index (χ0) is 12.3. The minimum absolute atomic E-state index is 0.212. The van der Waals surface area contributed by atoms with E-state index in [0.29, 0.717) is 23.4 Å². The number of hydrogen-bond acceptors (Lipinski definition) is 2. The Hall–Kier alpha value is -1.25. The van der Waals surface area contributed by atoms with Gasteiger partial charge in [0.15, 0.2) is 0 Å². The fraction of sp³-hybridized carbons (Fsp3) is 0.571. The van der Waals surface area contributed by atoms with Gasteiger partial charge in [-0.05, 0) is 37.8 Å². The molecule has 0 amide bonds. The third-order valence-electron chi connectivity index (χ3n) is 3.66. The Morgan fingerprint density at radius 2 is 2.06 bits per heavy atom. The van der Waals surface area contributed by atoms with E-state index in [1.54, 1.807) is 19.2 Å². The lowest BCUT2D eigenvalue weighted by atomic mass is 9.99. The van der Waals surface area contributed by atoms with E-state index >= 15 is 0 Å². The standard InChI is InChI=1S/C14H20FNO/c1-10(11-5-3-4-6-11)16-14-9-12(17-2)7-8-13(14)15/h7-11,16H,3-6H2,1-2H3. The van der Waals surface area contributed by atoms with E-state index in [-0.39, 0.29) is 5.82 Å². The van der Waals surface area contributed by atoms with E-state index < -0.39 is 0 Å².